The Morgan fingerprint density at radius 1 is 1.24 bits per heavy atom. The number of hydrogen-bond donors (Lipinski definition) is 2. The number of aliphatic hydroxyl groups excluding tert-OH is 1. The van der Waals surface area contributed by atoms with Crippen molar-refractivity contribution in [2.45, 2.75) is 19.3 Å². The molecule has 94 valence electrons. The molecule has 1 aliphatic rings. The van der Waals surface area contributed by atoms with Crippen LogP contribution in [0, 0.1) is 0 Å². The van der Waals surface area contributed by atoms with Gasteiger partial charge in [0.1, 0.15) is 0 Å². The van der Waals surface area contributed by atoms with Gasteiger partial charge in [-0.2, -0.15) is 0 Å². The first-order valence-corrected chi connectivity index (χ1v) is 6.53. The van der Waals surface area contributed by atoms with E-state index in [-0.39, 0.29) is 18.1 Å². The molecule has 3 N–H and O–H groups in total. The van der Waals surface area contributed by atoms with E-state index in [1.165, 1.54) is 6.07 Å². The van der Waals surface area contributed by atoms with Crippen molar-refractivity contribution in [1.29, 1.82) is 0 Å². The molecule has 1 aromatic rings. The van der Waals surface area contributed by atoms with Crippen LogP contribution in [0.2, 0.25) is 0 Å². The first kappa shape index (κ1) is 12.0. The molecule has 0 aliphatic carbocycles. The van der Waals surface area contributed by atoms with E-state index >= 15 is 0 Å². The molecule has 1 aromatic carbocycles. The predicted octanol–water partition coefficient (Wildman–Crippen LogP) is 0.600. The molecule has 0 amide bonds. The SMILES string of the molecule is Nc1ccc2c(c1CCCCO)OS(=O)(=O)O2. The largest absolute Gasteiger partial charge is 0.501 e. The second-order valence-corrected chi connectivity index (χ2v) is 4.87. The van der Waals surface area contributed by atoms with E-state index in [1.54, 1.807) is 6.07 Å². The average molecular weight is 259 g/mol. The lowest BCUT2D eigenvalue weighted by Crippen LogP contribution is -2.08. The zero-order chi connectivity index (χ0) is 12.5. The summed E-state index contributed by atoms with van der Waals surface area (Å²) >= 11 is 0. The van der Waals surface area contributed by atoms with Gasteiger partial charge in [-0.1, -0.05) is 0 Å². The third kappa shape index (κ3) is 2.45. The number of benzene rings is 1. The molecule has 0 radical (unpaired) electrons. The number of nitrogen functional groups attached to an aromatic ring is 1. The van der Waals surface area contributed by atoms with Crippen LogP contribution in [0.4, 0.5) is 5.69 Å². The number of nitrogens with two attached hydrogens (primary N) is 1. The minimum absolute atomic E-state index is 0.0879. The molecule has 1 aliphatic heterocycles. The maximum Gasteiger partial charge on any atom is 0.501 e. The van der Waals surface area contributed by atoms with Crippen LogP contribution in [-0.2, 0) is 16.8 Å². The zero-order valence-corrected chi connectivity index (χ0v) is 9.87. The summed E-state index contributed by atoms with van der Waals surface area (Å²) in [7, 11) is -3.98. The van der Waals surface area contributed by atoms with Gasteiger partial charge in [0.2, 0.25) is 0 Å². The van der Waals surface area contributed by atoms with Crippen molar-refractivity contribution in [2.75, 3.05) is 12.3 Å². The molecule has 17 heavy (non-hydrogen) atoms. The highest BCUT2D eigenvalue weighted by atomic mass is 32.3. The fourth-order valence-corrected chi connectivity index (χ4v) is 2.45. The standard InChI is InChI=1S/C10H13NO5S/c11-8-4-5-9-10(16-17(13,14)15-9)7(8)3-1-2-6-12/h4-5,12H,1-3,6,11H2. The third-order valence-electron chi connectivity index (χ3n) is 2.47. The van der Waals surface area contributed by atoms with Gasteiger partial charge in [-0.05, 0) is 31.4 Å². The van der Waals surface area contributed by atoms with E-state index in [1.807, 2.05) is 0 Å². The molecule has 0 atom stereocenters. The highest BCUT2D eigenvalue weighted by Gasteiger charge is 2.31. The molecule has 0 unspecified atom stereocenters. The Labute approximate surface area is 99.3 Å². The molecule has 0 fully saturated rings. The topological polar surface area (TPSA) is 98.9 Å². The Hall–Kier alpha value is -1.47. The second-order valence-electron chi connectivity index (χ2n) is 3.72. The maximum absolute atomic E-state index is 11.2. The van der Waals surface area contributed by atoms with Crippen LogP contribution < -0.4 is 14.1 Å². The van der Waals surface area contributed by atoms with Crippen LogP contribution in [0.25, 0.3) is 0 Å². The lowest BCUT2D eigenvalue weighted by atomic mass is 10.0. The molecule has 0 saturated carbocycles. The van der Waals surface area contributed by atoms with Gasteiger partial charge in [-0.25, -0.2) is 0 Å². The van der Waals surface area contributed by atoms with Crippen molar-refractivity contribution in [3.8, 4) is 11.5 Å². The number of unbranched alkanes of at least 4 members (excludes halogenated alkanes) is 1. The number of hydrogen-bond acceptors (Lipinski definition) is 6. The van der Waals surface area contributed by atoms with E-state index in [0.29, 0.717) is 30.5 Å². The molecule has 0 aromatic heterocycles. The summed E-state index contributed by atoms with van der Waals surface area (Å²) in [6.45, 7) is 0.0879. The molecule has 0 saturated heterocycles. The Morgan fingerprint density at radius 2 is 2.00 bits per heavy atom. The highest BCUT2D eigenvalue weighted by Crippen LogP contribution is 2.41. The minimum atomic E-state index is -3.98. The van der Waals surface area contributed by atoms with Crippen LogP contribution in [0.15, 0.2) is 12.1 Å². The number of aliphatic hydroxyl groups is 1. The van der Waals surface area contributed by atoms with Crippen LogP contribution in [0.5, 0.6) is 11.5 Å². The Morgan fingerprint density at radius 3 is 2.71 bits per heavy atom. The normalized spacial score (nSPS) is 16.1. The molecule has 2 rings (SSSR count). The van der Waals surface area contributed by atoms with Gasteiger partial charge in [-0.15, -0.1) is 8.42 Å². The highest BCUT2D eigenvalue weighted by molar-refractivity contribution is 7.82. The van der Waals surface area contributed by atoms with Crippen molar-refractivity contribution in [2.24, 2.45) is 0 Å². The fourth-order valence-electron chi connectivity index (χ4n) is 1.68. The number of rotatable bonds is 4. The third-order valence-corrected chi connectivity index (χ3v) is 3.23. The Balaban J connectivity index is 2.30. The number of anilines is 1. The van der Waals surface area contributed by atoms with Gasteiger partial charge >= 0.3 is 10.4 Å². The van der Waals surface area contributed by atoms with Crippen molar-refractivity contribution < 1.29 is 21.9 Å². The van der Waals surface area contributed by atoms with Crippen molar-refractivity contribution in [1.82, 2.24) is 0 Å². The van der Waals surface area contributed by atoms with Gasteiger partial charge in [0, 0.05) is 17.9 Å². The van der Waals surface area contributed by atoms with Gasteiger partial charge < -0.3 is 19.2 Å². The summed E-state index contributed by atoms with van der Waals surface area (Å²) < 4.78 is 31.7. The zero-order valence-electron chi connectivity index (χ0n) is 9.05. The first-order chi connectivity index (χ1) is 8.03. The van der Waals surface area contributed by atoms with E-state index in [9.17, 15) is 8.42 Å². The molecule has 0 bridgehead atoms. The second kappa shape index (κ2) is 4.42. The molecule has 7 heteroatoms. The average Bonchev–Trinajstić information content (AvgIpc) is 2.56. The first-order valence-electron chi connectivity index (χ1n) is 5.19. The fraction of sp³-hybridized carbons (Fsp3) is 0.400. The monoisotopic (exact) mass is 259 g/mol. The van der Waals surface area contributed by atoms with E-state index < -0.39 is 10.4 Å². The Kier molecular flexibility index (Phi) is 3.12. The summed E-state index contributed by atoms with van der Waals surface area (Å²) in [6.07, 6.45) is 1.85. The summed E-state index contributed by atoms with van der Waals surface area (Å²) in [5.41, 5.74) is 6.84. The van der Waals surface area contributed by atoms with Gasteiger partial charge in [0.25, 0.3) is 0 Å². The van der Waals surface area contributed by atoms with Gasteiger partial charge in [0.15, 0.2) is 11.5 Å². The summed E-state index contributed by atoms with van der Waals surface area (Å²) in [5, 5.41) is 8.71. The molecule has 0 spiro atoms. The van der Waals surface area contributed by atoms with E-state index in [0.717, 1.165) is 0 Å². The lowest BCUT2D eigenvalue weighted by Gasteiger charge is -2.07. The lowest BCUT2D eigenvalue weighted by molar-refractivity contribution is 0.284. The predicted molar refractivity (Wildman–Crippen MR) is 61.1 cm³/mol. The number of fused-ring (bicyclic) bond motifs is 1. The van der Waals surface area contributed by atoms with Crippen LogP contribution in [-0.4, -0.2) is 20.1 Å². The van der Waals surface area contributed by atoms with Crippen LogP contribution >= 0.6 is 0 Å². The van der Waals surface area contributed by atoms with Gasteiger partial charge in [-0.3, -0.25) is 0 Å². The molecular weight excluding hydrogens is 246 g/mol. The van der Waals surface area contributed by atoms with E-state index in [4.69, 9.17) is 15.0 Å². The van der Waals surface area contributed by atoms with Crippen molar-refractivity contribution >= 4 is 16.1 Å². The molecule has 1 heterocycles. The Bertz CT molecular complexity index is 526. The minimum Gasteiger partial charge on any atom is -0.398 e. The summed E-state index contributed by atoms with van der Waals surface area (Å²) in [5.74, 6) is 0.334. The van der Waals surface area contributed by atoms with Crippen molar-refractivity contribution in [3.05, 3.63) is 17.7 Å². The smallest absolute Gasteiger partial charge is 0.398 e. The summed E-state index contributed by atoms with van der Waals surface area (Å²) in [6, 6.07) is 3.04. The molecular formula is C10H13NO5S. The molecule has 6 nitrogen and oxygen atoms in total. The summed E-state index contributed by atoms with van der Waals surface area (Å²) in [4.78, 5) is 0. The van der Waals surface area contributed by atoms with Crippen LogP contribution in [0.3, 0.4) is 0 Å². The maximum atomic E-state index is 11.2. The van der Waals surface area contributed by atoms with Crippen LogP contribution in [0.1, 0.15) is 18.4 Å². The quantitative estimate of drug-likeness (QED) is 0.607. The van der Waals surface area contributed by atoms with Gasteiger partial charge in [0.05, 0.1) is 0 Å². The van der Waals surface area contributed by atoms with Crippen molar-refractivity contribution in [3.63, 3.8) is 0 Å². The van der Waals surface area contributed by atoms with E-state index in [2.05, 4.69) is 4.18 Å².